The summed E-state index contributed by atoms with van der Waals surface area (Å²) in [6, 6.07) is 0. The molecule has 1 aromatic heterocycles. The highest BCUT2D eigenvalue weighted by molar-refractivity contribution is 5.92. The van der Waals surface area contributed by atoms with Crippen LogP contribution in [-0.4, -0.2) is 21.6 Å². The average Bonchev–Trinajstić information content (AvgIpc) is 2.79. The summed E-state index contributed by atoms with van der Waals surface area (Å²) in [6.07, 6.45) is -0.301. The second-order valence-corrected chi connectivity index (χ2v) is 5.72. The highest BCUT2D eigenvalue weighted by Crippen LogP contribution is 2.40. The molecule has 0 radical (unpaired) electrons. The van der Waals surface area contributed by atoms with Crippen molar-refractivity contribution < 1.29 is 22.4 Å². The molecule has 2 N–H and O–H groups in total. The molecule has 0 aliphatic heterocycles. The first-order valence-corrected chi connectivity index (χ1v) is 6.64. The molecular weight excluding hydrogens is 290 g/mol. The van der Waals surface area contributed by atoms with E-state index in [2.05, 4.69) is 5.10 Å². The molecule has 21 heavy (non-hydrogen) atoms. The van der Waals surface area contributed by atoms with Gasteiger partial charge in [0.05, 0.1) is 0 Å². The lowest BCUT2D eigenvalue weighted by molar-refractivity contribution is 0.00345. The van der Waals surface area contributed by atoms with Gasteiger partial charge in [0.1, 0.15) is 11.4 Å². The SMILES string of the molecule is Cc1c(C(C)(F)F)nn(CC2CCC(F)(F)C2)c1C(N)=O. The Morgan fingerprint density at radius 1 is 1.52 bits per heavy atom. The molecule has 1 atom stereocenters. The summed E-state index contributed by atoms with van der Waals surface area (Å²) >= 11 is 0. The van der Waals surface area contributed by atoms with Crippen molar-refractivity contribution >= 4 is 5.91 Å². The fourth-order valence-electron chi connectivity index (χ4n) is 2.85. The van der Waals surface area contributed by atoms with Gasteiger partial charge in [-0.2, -0.15) is 13.9 Å². The third-order valence-corrected chi connectivity index (χ3v) is 3.78. The number of hydrogen-bond acceptors (Lipinski definition) is 2. The summed E-state index contributed by atoms with van der Waals surface area (Å²) in [7, 11) is 0. The van der Waals surface area contributed by atoms with Crippen LogP contribution in [0, 0.1) is 12.8 Å². The fourth-order valence-corrected chi connectivity index (χ4v) is 2.85. The van der Waals surface area contributed by atoms with Gasteiger partial charge in [-0.15, -0.1) is 0 Å². The van der Waals surface area contributed by atoms with Crippen LogP contribution in [0.5, 0.6) is 0 Å². The molecule has 1 fully saturated rings. The molecule has 0 spiro atoms. The number of hydrogen-bond donors (Lipinski definition) is 1. The number of carbonyl (C=O) groups is 1. The number of nitrogens with zero attached hydrogens (tertiary/aromatic N) is 2. The van der Waals surface area contributed by atoms with Crippen molar-refractivity contribution in [3.05, 3.63) is 17.0 Å². The van der Waals surface area contributed by atoms with Crippen molar-refractivity contribution in [2.24, 2.45) is 11.7 Å². The molecule has 8 heteroatoms. The first-order chi connectivity index (χ1) is 9.51. The zero-order valence-electron chi connectivity index (χ0n) is 11.8. The number of amides is 1. The predicted octanol–water partition coefficient (Wildman–Crippen LogP) is 2.84. The van der Waals surface area contributed by atoms with Crippen LogP contribution in [0.1, 0.15) is 47.9 Å². The zero-order valence-corrected chi connectivity index (χ0v) is 11.8. The van der Waals surface area contributed by atoms with E-state index in [1.807, 2.05) is 0 Å². The highest BCUT2D eigenvalue weighted by Gasteiger charge is 2.40. The molecule has 1 aromatic rings. The third kappa shape index (κ3) is 3.19. The molecule has 1 heterocycles. The monoisotopic (exact) mass is 307 g/mol. The molecule has 0 saturated heterocycles. The predicted molar refractivity (Wildman–Crippen MR) is 67.3 cm³/mol. The van der Waals surface area contributed by atoms with E-state index >= 15 is 0 Å². The first-order valence-electron chi connectivity index (χ1n) is 6.64. The summed E-state index contributed by atoms with van der Waals surface area (Å²) in [5.74, 6) is -7.26. The molecule has 0 aromatic carbocycles. The molecule has 2 rings (SSSR count). The summed E-state index contributed by atoms with van der Waals surface area (Å²) in [5, 5.41) is 3.73. The smallest absolute Gasteiger partial charge is 0.289 e. The van der Waals surface area contributed by atoms with E-state index in [4.69, 9.17) is 5.73 Å². The average molecular weight is 307 g/mol. The van der Waals surface area contributed by atoms with E-state index in [1.54, 1.807) is 0 Å². The second kappa shape index (κ2) is 4.99. The number of halogens is 4. The van der Waals surface area contributed by atoms with E-state index in [0.29, 0.717) is 6.92 Å². The van der Waals surface area contributed by atoms with E-state index in [-0.39, 0.29) is 37.1 Å². The van der Waals surface area contributed by atoms with E-state index < -0.39 is 29.4 Å². The lowest BCUT2D eigenvalue weighted by atomic mass is 10.1. The molecule has 0 bridgehead atoms. The van der Waals surface area contributed by atoms with Crippen LogP contribution < -0.4 is 5.73 Å². The molecule has 4 nitrogen and oxygen atoms in total. The molecule has 1 unspecified atom stereocenters. The Morgan fingerprint density at radius 3 is 2.57 bits per heavy atom. The summed E-state index contributed by atoms with van der Waals surface area (Å²) in [5.41, 5.74) is 4.53. The molecule has 118 valence electrons. The lowest BCUT2D eigenvalue weighted by Crippen LogP contribution is -2.21. The van der Waals surface area contributed by atoms with Crippen molar-refractivity contribution in [2.75, 3.05) is 0 Å². The van der Waals surface area contributed by atoms with Crippen molar-refractivity contribution in [1.29, 1.82) is 0 Å². The second-order valence-electron chi connectivity index (χ2n) is 5.72. The van der Waals surface area contributed by atoms with Gasteiger partial charge in [0.25, 0.3) is 11.8 Å². The van der Waals surface area contributed by atoms with Crippen LogP contribution in [-0.2, 0) is 12.5 Å². The fraction of sp³-hybridized carbons (Fsp3) is 0.692. The standard InChI is InChI=1S/C13H17F4N3O/c1-7-9(11(18)21)20(19-10(7)12(2,14)15)6-8-3-4-13(16,17)5-8/h8H,3-6H2,1-2H3,(H2,18,21). The van der Waals surface area contributed by atoms with Gasteiger partial charge in [0.2, 0.25) is 5.92 Å². The van der Waals surface area contributed by atoms with Crippen molar-refractivity contribution in [3.63, 3.8) is 0 Å². The Hall–Kier alpha value is -1.60. The van der Waals surface area contributed by atoms with Crippen molar-refractivity contribution in [3.8, 4) is 0 Å². The van der Waals surface area contributed by atoms with Crippen LogP contribution in [0.15, 0.2) is 0 Å². The van der Waals surface area contributed by atoms with Crippen LogP contribution in [0.3, 0.4) is 0 Å². The minimum Gasteiger partial charge on any atom is -0.364 e. The van der Waals surface area contributed by atoms with Gasteiger partial charge in [-0.25, -0.2) is 8.78 Å². The largest absolute Gasteiger partial charge is 0.364 e. The van der Waals surface area contributed by atoms with E-state index in [0.717, 1.165) is 4.68 Å². The number of aromatic nitrogens is 2. The van der Waals surface area contributed by atoms with Gasteiger partial charge in [-0.3, -0.25) is 9.48 Å². The van der Waals surface area contributed by atoms with Gasteiger partial charge in [-0.05, 0) is 19.3 Å². The van der Waals surface area contributed by atoms with E-state index in [9.17, 15) is 22.4 Å². The summed E-state index contributed by atoms with van der Waals surface area (Å²) in [6.45, 7) is 1.99. The number of nitrogens with two attached hydrogens (primary N) is 1. The number of carbonyl (C=O) groups excluding carboxylic acids is 1. The maximum absolute atomic E-state index is 13.5. The normalized spacial score (nSPS) is 21.7. The van der Waals surface area contributed by atoms with Gasteiger partial charge in [0.15, 0.2) is 0 Å². The van der Waals surface area contributed by atoms with Crippen LogP contribution >= 0.6 is 0 Å². The number of primary amides is 1. The minimum absolute atomic E-state index is 0.000225. The Morgan fingerprint density at radius 2 is 2.14 bits per heavy atom. The topological polar surface area (TPSA) is 60.9 Å². The Bertz CT molecular complexity index is 562. The van der Waals surface area contributed by atoms with Crippen LogP contribution in [0.4, 0.5) is 17.6 Å². The molecule has 1 aliphatic carbocycles. The quantitative estimate of drug-likeness (QED) is 0.870. The minimum atomic E-state index is -3.22. The third-order valence-electron chi connectivity index (χ3n) is 3.78. The molecule has 1 amide bonds. The van der Waals surface area contributed by atoms with Crippen molar-refractivity contribution in [2.45, 2.75) is 51.5 Å². The maximum atomic E-state index is 13.5. The highest BCUT2D eigenvalue weighted by atomic mass is 19.3. The maximum Gasteiger partial charge on any atom is 0.289 e. The van der Waals surface area contributed by atoms with Gasteiger partial charge in [0, 0.05) is 31.9 Å². The number of rotatable bonds is 4. The van der Waals surface area contributed by atoms with Gasteiger partial charge in [-0.1, -0.05) is 0 Å². The Kier molecular flexibility index (Phi) is 3.75. The molecular formula is C13H17F4N3O. The summed E-state index contributed by atoms with van der Waals surface area (Å²) < 4.78 is 54.4. The zero-order chi connectivity index (χ0) is 16.0. The Balaban J connectivity index is 2.33. The van der Waals surface area contributed by atoms with Crippen LogP contribution in [0.2, 0.25) is 0 Å². The lowest BCUT2D eigenvalue weighted by Gasteiger charge is -2.12. The first kappa shape index (κ1) is 15.8. The Labute approximate surface area is 119 Å². The molecule has 1 saturated carbocycles. The number of alkyl halides is 4. The van der Waals surface area contributed by atoms with Gasteiger partial charge < -0.3 is 5.73 Å². The van der Waals surface area contributed by atoms with Crippen LogP contribution in [0.25, 0.3) is 0 Å². The molecule has 1 aliphatic rings. The van der Waals surface area contributed by atoms with Gasteiger partial charge >= 0.3 is 0 Å². The summed E-state index contributed by atoms with van der Waals surface area (Å²) in [4.78, 5) is 11.5. The van der Waals surface area contributed by atoms with E-state index in [1.165, 1.54) is 6.92 Å². The van der Waals surface area contributed by atoms with Crippen molar-refractivity contribution in [1.82, 2.24) is 9.78 Å².